The van der Waals surface area contributed by atoms with Gasteiger partial charge in [-0.2, -0.15) is 0 Å². The predicted octanol–water partition coefficient (Wildman–Crippen LogP) is 2.78. The molecule has 14 heteroatoms. The predicted molar refractivity (Wildman–Crippen MR) is 142 cm³/mol. The van der Waals surface area contributed by atoms with Crippen LogP contribution in [0, 0.1) is 18.8 Å². The number of aliphatic hydroxyl groups is 1. The molecule has 2 aliphatic rings. The molecule has 1 aromatic carbocycles. The van der Waals surface area contributed by atoms with Crippen molar-refractivity contribution < 1.29 is 42.1 Å². The van der Waals surface area contributed by atoms with E-state index in [1.807, 2.05) is 13.8 Å². The summed E-state index contributed by atoms with van der Waals surface area (Å²) < 4.78 is 41.6. The highest BCUT2D eigenvalue weighted by atomic mass is 32.2. The Bertz CT molecular complexity index is 1650. The Morgan fingerprint density at radius 3 is 2.45 bits per heavy atom. The van der Waals surface area contributed by atoms with Crippen molar-refractivity contribution in [2.45, 2.75) is 51.2 Å². The molecule has 3 aromatic rings. The van der Waals surface area contributed by atoms with Crippen molar-refractivity contribution in [2.75, 3.05) is 6.26 Å². The highest BCUT2D eigenvalue weighted by Gasteiger charge is 2.60. The monoisotopic (exact) mass is 589 g/mol. The van der Waals surface area contributed by atoms with Gasteiger partial charge >= 0.3 is 12.1 Å². The fourth-order valence-electron chi connectivity index (χ4n) is 5.13. The quantitative estimate of drug-likeness (QED) is 0.188. The summed E-state index contributed by atoms with van der Waals surface area (Å²) in [6.45, 7) is 6.54. The smallest absolute Gasteiger partial charge is 0.421 e. The van der Waals surface area contributed by atoms with E-state index in [1.165, 1.54) is 29.5 Å². The second-order valence-corrected chi connectivity index (χ2v) is 12.9. The van der Waals surface area contributed by atoms with Gasteiger partial charge in [0, 0.05) is 30.9 Å². The summed E-state index contributed by atoms with van der Waals surface area (Å²) in [5.74, 6) is -2.24. The fourth-order valence-corrected chi connectivity index (χ4v) is 7.49. The number of benzene rings is 1. The standard InChI is InChI=1S/C26H27N3O9S2/c1-12-6-8-16(9-7-12)38-26(33)37-15(4)36-25(32)21-18(13(2)20-19(14(3)30)23(31)29(20)21)17-10-28-11-27-22(24(28)39-17)40(5,34)35/h6-11,13-15,19-20,30H,1-5H3/t13-,14+,15?,19+,20+/m0/s1. The SMILES string of the molecule is Cc1ccc(OC(=O)OC(C)OC(=O)C2=C(c3cn4cnc(S(C)(=O)=O)c4s3)[C@H](C)[C@@H]3[C@@H]([C@@H](C)O)C(=O)N23)cc1. The number of aryl methyl sites for hydroxylation is 1. The normalized spacial score (nSPS) is 22.1. The highest BCUT2D eigenvalue weighted by Crippen LogP contribution is 2.52. The van der Waals surface area contributed by atoms with Gasteiger partial charge in [0.05, 0.1) is 22.9 Å². The minimum atomic E-state index is -3.62. The van der Waals surface area contributed by atoms with Crippen LogP contribution < -0.4 is 4.74 Å². The molecule has 5 atom stereocenters. The number of carbonyl (C=O) groups is 3. The lowest BCUT2D eigenvalue weighted by Crippen LogP contribution is -2.63. The summed E-state index contributed by atoms with van der Waals surface area (Å²) >= 11 is 1.10. The molecule has 1 saturated heterocycles. The first-order valence-corrected chi connectivity index (χ1v) is 15.1. The maximum Gasteiger partial charge on any atom is 0.516 e. The number of hydrogen-bond acceptors (Lipinski definition) is 11. The lowest BCUT2D eigenvalue weighted by atomic mass is 9.77. The summed E-state index contributed by atoms with van der Waals surface area (Å²) in [6, 6.07) is 6.17. The summed E-state index contributed by atoms with van der Waals surface area (Å²) in [6.07, 6.45) is 0.646. The van der Waals surface area contributed by atoms with Crippen LogP contribution in [0.2, 0.25) is 0 Å². The van der Waals surface area contributed by atoms with Gasteiger partial charge in [0.1, 0.15) is 22.6 Å². The van der Waals surface area contributed by atoms with Gasteiger partial charge in [-0.3, -0.25) is 9.20 Å². The number of hydrogen-bond donors (Lipinski definition) is 1. The fraction of sp³-hybridized carbons (Fsp3) is 0.385. The number of fused-ring (bicyclic) bond motifs is 2. The van der Waals surface area contributed by atoms with Crippen LogP contribution in [0.25, 0.3) is 10.4 Å². The molecule has 1 amide bonds. The molecule has 212 valence electrons. The van der Waals surface area contributed by atoms with E-state index in [1.54, 1.807) is 30.5 Å². The van der Waals surface area contributed by atoms with E-state index in [4.69, 9.17) is 14.2 Å². The molecule has 5 rings (SSSR count). The van der Waals surface area contributed by atoms with Gasteiger partial charge < -0.3 is 24.2 Å². The molecular weight excluding hydrogens is 562 g/mol. The van der Waals surface area contributed by atoms with Gasteiger partial charge in [0.2, 0.25) is 12.2 Å². The molecular formula is C26H27N3O9S2. The van der Waals surface area contributed by atoms with Crippen LogP contribution in [0.5, 0.6) is 5.75 Å². The molecule has 2 aliphatic heterocycles. The number of thiazole rings is 1. The molecule has 1 unspecified atom stereocenters. The number of aliphatic hydroxyl groups excluding tert-OH is 1. The number of esters is 1. The van der Waals surface area contributed by atoms with E-state index in [-0.39, 0.29) is 16.5 Å². The Hall–Kier alpha value is -3.75. The van der Waals surface area contributed by atoms with E-state index in [9.17, 15) is 27.9 Å². The maximum atomic E-state index is 13.5. The summed E-state index contributed by atoms with van der Waals surface area (Å²) in [5, 5.41) is 10.1. The molecule has 0 spiro atoms. The van der Waals surface area contributed by atoms with Crippen LogP contribution in [0.1, 0.15) is 31.2 Å². The zero-order valence-electron chi connectivity index (χ0n) is 22.2. The number of sulfone groups is 1. The molecule has 12 nitrogen and oxygen atoms in total. The number of amides is 1. The summed E-state index contributed by atoms with van der Waals surface area (Å²) in [4.78, 5) is 44.9. The molecule has 0 aliphatic carbocycles. The second-order valence-electron chi connectivity index (χ2n) is 9.90. The third kappa shape index (κ3) is 4.75. The largest absolute Gasteiger partial charge is 0.516 e. The van der Waals surface area contributed by atoms with Crippen LogP contribution in [0.4, 0.5) is 4.79 Å². The number of aromatic nitrogens is 2. The van der Waals surface area contributed by atoms with Crippen LogP contribution in [0.15, 0.2) is 47.5 Å². The minimum absolute atomic E-state index is 0.0554. The maximum absolute atomic E-state index is 13.5. The summed E-state index contributed by atoms with van der Waals surface area (Å²) in [7, 11) is -3.62. The van der Waals surface area contributed by atoms with Gasteiger partial charge in [-0.05, 0) is 26.0 Å². The number of β-lactam (4-membered cyclic amide) rings is 1. The van der Waals surface area contributed by atoms with Crippen LogP contribution in [-0.4, -0.2) is 70.5 Å². The van der Waals surface area contributed by atoms with Gasteiger partial charge in [0.25, 0.3) is 0 Å². The van der Waals surface area contributed by atoms with Gasteiger partial charge in [-0.25, -0.2) is 23.0 Å². The van der Waals surface area contributed by atoms with Crippen molar-refractivity contribution in [3.8, 4) is 5.75 Å². The molecule has 0 saturated carbocycles. The van der Waals surface area contributed by atoms with Crippen molar-refractivity contribution >= 4 is 49.6 Å². The Morgan fingerprint density at radius 2 is 1.82 bits per heavy atom. The lowest BCUT2D eigenvalue weighted by Gasteiger charge is -2.46. The average Bonchev–Trinajstić information content (AvgIpc) is 3.49. The zero-order valence-corrected chi connectivity index (χ0v) is 23.9. The lowest BCUT2D eigenvalue weighted by molar-refractivity contribution is -0.172. The minimum Gasteiger partial charge on any atom is -0.421 e. The molecule has 4 heterocycles. The second kappa shape index (κ2) is 10.0. The Morgan fingerprint density at radius 1 is 1.15 bits per heavy atom. The van der Waals surface area contributed by atoms with Crippen LogP contribution in [-0.2, 0) is 28.9 Å². The average molecular weight is 590 g/mol. The van der Waals surface area contributed by atoms with Crippen molar-refractivity contribution in [1.29, 1.82) is 0 Å². The number of nitrogens with zero attached hydrogens (tertiary/aromatic N) is 3. The number of ether oxygens (including phenoxy) is 3. The molecule has 0 bridgehead atoms. The molecule has 1 fully saturated rings. The Kier molecular flexibility index (Phi) is 6.96. The van der Waals surface area contributed by atoms with E-state index in [2.05, 4.69) is 4.98 Å². The third-order valence-corrected chi connectivity index (χ3v) is 9.19. The highest BCUT2D eigenvalue weighted by molar-refractivity contribution is 7.91. The van der Waals surface area contributed by atoms with E-state index in [0.717, 1.165) is 23.2 Å². The van der Waals surface area contributed by atoms with Gasteiger partial charge in [0.15, 0.2) is 14.9 Å². The Balaban J connectivity index is 1.44. The molecule has 2 aromatic heterocycles. The Labute approximate surface area is 233 Å². The molecule has 1 N–H and O–H groups in total. The van der Waals surface area contributed by atoms with E-state index < -0.39 is 58.1 Å². The van der Waals surface area contributed by atoms with Crippen molar-refractivity contribution in [1.82, 2.24) is 14.3 Å². The van der Waals surface area contributed by atoms with Crippen molar-refractivity contribution in [3.63, 3.8) is 0 Å². The van der Waals surface area contributed by atoms with Crippen molar-refractivity contribution in [2.24, 2.45) is 11.8 Å². The molecule has 40 heavy (non-hydrogen) atoms. The number of carbonyl (C=O) groups excluding carboxylic acids is 3. The van der Waals surface area contributed by atoms with Crippen LogP contribution >= 0.6 is 11.3 Å². The first kappa shape index (κ1) is 27.8. The number of rotatable bonds is 7. The van der Waals surface area contributed by atoms with Crippen LogP contribution in [0.3, 0.4) is 0 Å². The number of imidazole rings is 1. The molecule has 0 radical (unpaired) electrons. The third-order valence-electron chi connectivity index (χ3n) is 6.92. The van der Waals surface area contributed by atoms with Gasteiger partial charge in [-0.1, -0.05) is 24.6 Å². The first-order chi connectivity index (χ1) is 18.8. The topological polar surface area (TPSA) is 154 Å². The first-order valence-electron chi connectivity index (χ1n) is 12.4. The summed E-state index contributed by atoms with van der Waals surface area (Å²) in [5.41, 5.74) is 1.37. The van der Waals surface area contributed by atoms with Crippen molar-refractivity contribution in [3.05, 3.63) is 52.9 Å². The van der Waals surface area contributed by atoms with E-state index >= 15 is 0 Å². The zero-order chi connectivity index (χ0) is 29.1. The van der Waals surface area contributed by atoms with E-state index in [0.29, 0.717) is 15.3 Å². The van der Waals surface area contributed by atoms with Gasteiger partial charge in [-0.15, -0.1) is 11.3 Å².